The highest BCUT2D eigenvalue weighted by Crippen LogP contribution is 2.21. The van der Waals surface area contributed by atoms with E-state index in [4.69, 9.17) is 11.6 Å². The van der Waals surface area contributed by atoms with Crippen molar-refractivity contribution in [3.05, 3.63) is 59.1 Å². The highest BCUT2D eigenvalue weighted by molar-refractivity contribution is 6.30. The molecule has 122 valence electrons. The standard InChI is InChI=1S/C16H14ClN5O2/c17-12-5-1-10(2-6-12)14(23)9-15(24)18-13-7-3-11(4-8-13)16-19-21-22-20-16/h1-8,14,23H,9H2,(H,18,24)(H,19,20,21,22). The van der Waals surface area contributed by atoms with Gasteiger partial charge in [0.1, 0.15) is 0 Å². The maximum Gasteiger partial charge on any atom is 0.227 e. The number of aliphatic hydroxyl groups is 1. The van der Waals surface area contributed by atoms with Crippen molar-refractivity contribution in [3.63, 3.8) is 0 Å². The van der Waals surface area contributed by atoms with Crippen molar-refractivity contribution in [1.29, 1.82) is 0 Å². The number of H-pyrrole nitrogens is 1. The first kappa shape index (κ1) is 16.1. The molecule has 0 saturated heterocycles. The molecule has 0 radical (unpaired) electrons. The van der Waals surface area contributed by atoms with Crippen LogP contribution in [0.15, 0.2) is 48.5 Å². The molecule has 24 heavy (non-hydrogen) atoms. The SMILES string of the molecule is O=C(CC(O)c1ccc(Cl)cc1)Nc1ccc(-c2nn[nH]n2)cc1. The van der Waals surface area contributed by atoms with E-state index in [-0.39, 0.29) is 12.3 Å². The molecule has 7 nitrogen and oxygen atoms in total. The van der Waals surface area contributed by atoms with Crippen molar-refractivity contribution in [1.82, 2.24) is 20.6 Å². The number of aromatic nitrogens is 4. The molecule has 0 spiro atoms. The zero-order chi connectivity index (χ0) is 16.9. The monoisotopic (exact) mass is 343 g/mol. The molecule has 1 atom stereocenters. The van der Waals surface area contributed by atoms with E-state index in [0.29, 0.717) is 22.1 Å². The number of benzene rings is 2. The Morgan fingerprint density at radius 2 is 1.88 bits per heavy atom. The molecule has 0 saturated carbocycles. The second-order valence-corrected chi connectivity index (χ2v) is 5.57. The van der Waals surface area contributed by atoms with Crippen LogP contribution in [-0.2, 0) is 4.79 Å². The minimum Gasteiger partial charge on any atom is -0.388 e. The maximum atomic E-state index is 12.0. The number of aromatic amines is 1. The first-order chi connectivity index (χ1) is 11.6. The molecule has 0 fully saturated rings. The van der Waals surface area contributed by atoms with Gasteiger partial charge in [0, 0.05) is 16.3 Å². The normalized spacial score (nSPS) is 11.9. The molecule has 0 aliphatic heterocycles. The highest BCUT2D eigenvalue weighted by Gasteiger charge is 2.13. The molecular formula is C16H14ClN5O2. The number of carbonyl (C=O) groups excluding carboxylic acids is 1. The average molecular weight is 344 g/mol. The summed E-state index contributed by atoms with van der Waals surface area (Å²) in [6.07, 6.45) is -0.935. The van der Waals surface area contributed by atoms with Crippen LogP contribution in [0.5, 0.6) is 0 Å². The van der Waals surface area contributed by atoms with Gasteiger partial charge in [-0.1, -0.05) is 23.7 Å². The Balaban J connectivity index is 1.59. The minimum absolute atomic E-state index is 0.0474. The number of anilines is 1. The Labute approximate surface area is 142 Å². The number of nitrogens with zero attached hydrogens (tertiary/aromatic N) is 3. The molecule has 1 amide bonds. The molecule has 3 rings (SSSR count). The van der Waals surface area contributed by atoms with Gasteiger partial charge in [0.05, 0.1) is 12.5 Å². The molecule has 2 aromatic carbocycles. The fourth-order valence-electron chi connectivity index (χ4n) is 2.18. The quantitative estimate of drug-likeness (QED) is 0.660. The van der Waals surface area contributed by atoms with E-state index >= 15 is 0 Å². The lowest BCUT2D eigenvalue weighted by atomic mass is 10.1. The van der Waals surface area contributed by atoms with Crippen molar-refractivity contribution in [3.8, 4) is 11.4 Å². The van der Waals surface area contributed by atoms with Gasteiger partial charge in [-0.05, 0) is 47.2 Å². The molecule has 1 heterocycles. The van der Waals surface area contributed by atoms with Crippen LogP contribution >= 0.6 is 11.6 Å². The molecule has 0 aliphatic carbocycles. The molecule has 1 aromatic heterocycles. The van der Waals surface area contributed by atoms with Crippen molar-refractivity contribution < 1.29 is 9.90 Å². The van der Waals surface area contributed by atoms with E-state index in [2.05, 4.69) is 25.9 Å². The van der Waals surface area contributed by atoms with Gasteiger partial charge in [-0.25, -0.2) is 0 Å². The van der Waals surface area contributed by atoms with Crippen LogP contribution in [0, 0.1) is 0 Å². The Morgan fingerprint density at radius 1 is 1.17 bits per heavy atom. The highest BCUT2D eigenvalue weighted by atomic mass is 35.5. The molecule has 3 N–H and O–H groups in total. The lowest BCUT2D eigenvalue weighted by Crippen LogP contribution is -2.15. The van der Waals surface area contributed by atoms with E-state index < -0.39 is 6.10 Å². The van der Waals surface area contributed by atoms with Crippen molar-refractivity contribution >= 4 is 23.2 Å². The van der Waals surface area contributed by atoms with E-state index in [0.717, 1.165) is 5.56 Å². The average Bonchev–Trinajstić information content (AvgIpc) is 3.10. The third kappa shape index (κ3) is 3.95. The van der Waals surface area contributed by atoms with Crippen LogP contribution in [0.4, 0.5) is 5.69 Å². The smallest absolute Gasteiger partial charge is 0.227 e. The third-order valence-corrected chi connectivity index (χ3v) is 3.66. The summed E-state index contributed by atoms with van der Waals surface area (Å²) in [6, 6.07) is 13.8. The first-order valence-electron chi connectivity index (χ1n) is 7.19. The number of hydrogen-bond acceptors (Lipinski definition) is 5. The summed E-state index contributed by atoms with van der Waals surface area (Å²) in [5.74, 6) is 0.191. The zero-order valence-electron chi connectivity index (χ0n) is 12.5. The number of hydrogen-bond donors (Lipinski definition) is 3. The third-order valence-electron chi connectivity index (χ3n) is 3.41. The number of amides is 1. The Bertz CT molecular complexity index is 803. The zero-order valence-corrected chi connectivity index (χ0v) is 13.2. The minimum atomic E-state index is -0.888. The Hall–Kier alpha value is -2.77. The first-order valence-corrected chi connectivity index (χ1v) is 7.57. The van der Waals surface area contributed by atoms with Crippen LogP contribution in [0.25, 0.3) is 11.4 Å². The number of carbonyl (C=O) groups is 1. The topological polar surface area (TPSA) is 104 Å². The summed E-state index contributed by atoms with van der Waals surface area (Å²) < 4.78 is 0. The van der Waals surface area contributed by atoms with E-state index in [1.165, 1.54) is 0 Å². The molecule has 0 aliphatic rings. The maximum absolute atomic E-state index is 12.0. The summed E-state index contributed by atoms with van der Waals surface area (Å²) in [7, 11) is 0. The predicted octanol–water partition coefficient (Wildman–Crippen LogP) is 2.58. The summed E-state index contributed by atoms with van der Waals surface area (Å²) in [6.45, 7) is 0. The number of nitrogens with one attached hydrogen (secondary N) is 2. The van der Waals surface area contributed by atoms with Gasteiger partial charge in [-0.3, -0.25) is 4.79 Å². The van der Waals surface area contributed by atoms with Gasteiger partial charge in [-0.2, -0.15) is 5.21 Å². The van der Waals surface area contributed by atoms with Gasteiger partial charge in [0.15, 0.2) is 0 Å². The summed E-state index contributed by atoms with van der Waals surface area (Å²) >= 11 is 5.80. The number of aliphatic hydroxyl groups excluding tert-OH is 1. The molecule has 3 aromatic rings. The summed E-state index contributed by atoms with van der Waals surface area (Å²) in [5.41, 5.74) is 2.04. The van der Waals surface area contributed by atoms with Crippen LogP contribution in [0.2, 0.25) is 5.02 Å². The fraction of sp³-hybridized carbons (Fsp3) is 0.125. The van der Waals surface area contributed by atoms with Crippen LogP contribution < -0.4 is 5.32 Å². The van der Waals surface area contributed by atoms with E-state index in [1.54, 1.807) is 48.5 Å². The van der Waals surface area contributed by atoms with Crippen LogP contribution in [0.1, 0.15) is 18.1 Å². The second-order valence-electron chi connectivity index (χ2n) is 5.13. The molecule has 8 heteroatoms. The van der Waals surface area contributed by atoms with Gasteiger partial charge in [-0.15, -0.1) is 10.2 Å². The number of halogens is 1. The number of rotatable bonds is 5. The summed E-state index contributed by atoms with van der Waals surface area (Å²) in [5, 5.41) is 27.0. The van der Waals surface area contributed by atoms with Crippen molar-refractivity contribution in [2.75, 3.05) is 5.32 Å². The molecular weight excluding hydrogens is 330 g/mol. The lowest BCUT2D eigenvalue weighted by Gasteiger charge is -2.11. The molecule has 0 bridgehead atoms. The van der Waals surface area contributed by atoms with Gasteiger partial charge in [0.2, 0.25) is 11.7 Å². The fourth-order valence-corrected chi connectivity index (χ4v) is 2.30. The Morgan fingerprint density at radius 3 is 2.50 bits per heavy atom. The van der Waals surface area contributed by atoms with Gasteiger partial charge in [0.25, 0.3) is 0 Å². The van der Waals surface area contributed by atoms with Crippen LogP contribution in [-0.4, -0.2) is 31.6 Å². The van der Waals surface area contributed by atoms with Crippen LogP contribution in [0.3, 0.4) is 0 Å². The van der Waals surface area contributed by atoms with E-state index in [9.17, 15) is 9.90 Å². The number of tetrazole rings is 1. The van der Waals surface area contributed by atoms with Gasteiger partial charge >= 0.3 is 0 Å². The van der Waals surface area contributed by atoms with E-state index in [1.807, 2.05) is 0 Å². The molecule has 1 unspecified atom stereocenters. The lowest BCUT2D eigenvalue weighted by molar-refractivity contribution is -0.118. The van der Waals surface area contributed by atoms with Crippen molar-refractivity contribution in [2.45, 2.75) is 12.5 Å². The van der Waals surface area contributed by atoms with Crippen molar-refractivity contribution in [2.24, 2.45) is 0 Å². The largest absolute Gasteiger partial charge is 0.388 e. The van der Waals surface area contributed by atoms with Gasteiger partial charge < -0.3 is 10.4 Å². The Kier molecular flexibility index (Phi) is 4.83. The second kappa shape index (κ2) is 7.20. The summed E-state index contributed by atoms with van der Waals surface area (Å²) in [4.78, 5) is 12.0. The predicted molar refractivity (Wildman–Crippen MR) is 89.3 cm³/mol.